The number of thiazole rings is 1. The minimum Gasteiger partial charge on any atom is -0.481 e. The lowest BCUT2D eigenvalue weighted by Crippen LogP contribution is -2.20. The molecule has 0 radical (unpaired) electrons. The van der Waals surface area contributed by atoms with Crippen LogP contribution in [0, 0.1) is 0 Å². The first kappa shape index (κ1) is 12.6. The molecule has 1 aromatic heterocycles. The molecule has 1 aliphatic carbocycles. The molecule has 0 saturated heterocycles. The number of hydrogen-bond acceptors (Lipinski definition) is 5. The van der Waals surface area contributed by atoms with Crippen molar-refractivity contribution in [3.8, 4) is 0 Å². The Balaban J connectivity index is 2.01. The van der Waals surface area contributed by atoms with Crippen LogP contribution in [0.5, 0.6) is 0 Å². The van der Waals surface area contributed by atoms with Crippen LogP contribution in [-0.2, 0) is 14.9 Å². The summed E-state index contributed by atoms with van der Waals surface area (Å²) in [6.45, 7) is 3.53. The summed E-state index contributed by atoms with van der Waals surface area (Å²) in [6, 6.07) is 0. The van der Waals surface area contributed by atoms with E-state index in [4.69, 9.17) is 9.84 Å². The maximum absolute atomic E-state index is 11.2. The first-order valence-electron chi connectivity index (χ1n) is 5.32. The molecular formula is C11H12N2O4S. The third-order valence-corrected chi connectivity index (χ3v) is 3.45. The average Bonchev–Trinajstić information content (AvgIpc) is 3.03. The Kier molecular flexibility index (Phi) is 3.33. The van der Waals surface area contributed by atoms with Crippen LogP contribution in [0.3, 0.4) is 0 Å². The van der Waals surface area contributed by atoms with Crippen LogP contribution in [-0.4, -0.2) is 28.8 Å². The zero-order valence-electron chi connectivity index (χ0n) is 9.51. The topological polar surface area (TPSA) is 88.5 Å². The lowest BCUT2D eigenvalue weighted by atomic mass is 10.1. The Hall–Kier alpha value is -1.89. The van der Waals surface area contributed by atoms with Gasteiger partial charge < -0.3 is 9.84 Å². The van der Waals surface area contributed by atoms with Gasteiger partial charge in [0.25, 0.3) is 0 Å². The van der Waals surface area contributed by atoms with E-state index in [9.17, 15) is 9.59 Å². The number of hydrogen-bond donors (Lipinski definition) is 2. The van der Waals surface area contributed by atoms with Crippen LogP contribution in [0.15, 0.2) is 18.0 Å². The van der Waals surface area contributed by atoms with Gasteiger partial charge in [-0.3, -0.25) is 10.1 Å². The highest BCUT2D eigenvalue weighted by Crippen LogP contribution is 2.48. The lowest BCUT2D eigenvalue weighted by molar-refractivity contribution is -0.140. The number of amides is 1. The number of carbonyl (C=O) groups excluding carboxylic acids is 1. The molecule has 6 nitrogen and oxygen atoms in total. The first-order valence-corrected chi connectivity index (χ1v) is 6.20. The van der Waals surface area contributed by atoms with E-state index in [0.717, 1.165) is 0 Å². The van der Waals surface area contributed by atoms with Crippen molar-refractivity contribution in [2.45, 2.75) is 18.3 Å². The maximum atomic E-state index is 11.2. The largest absolute Gasteiger partial charge is 0.481 e. The van der Waals surface area contributed by atoms with Crippen LogP contribution >= 0.6 is 11.3 Å². The molecular weight excluding hydrogens is 256 g/mol. The quantitative estimate of drug-likeness (QED) is 0.797. The van der Waals surface area contributed by atoms with Crippen LogP contribution in [0.4, 0.5) is 9.93 Å². The summed E-state index contributed by atoms with van der Waals surface area (Å²) >= 11 is 1.18. The van der Waals surface area contributed by atoms with Crippen molar-refractivity contribution >= 4 is 28.5 Å². The van der Waals surface area contributed by atoms with E-state index < -0.39 is 17.5 Å². The Bertz CT molecular complexity index is 493. The molecule has 1 heterocycles. The number of aliphatic carboxylic acids is 1. The third-order valence-electron chi connectivity index (χ3n) is 2.70. The van der Waals surface area contributed by atoms with Gasteiger partial charge in [0, 0.05) is 5.38 Å². The van der Waals surface area contributed by atoms with Crippen molar-refractivity contribution in [2.75, 3.05) is 11.9 Å². The Labute approximate surface area is 107 Å². The second-order valence-corrected chi connectivity index (χ2v) is 4.80. The number of rotatable bonds is 5. The van der Waals surface area contributed by atoms with E-state index in [1.165, 1.54) is 17.4 Å². The van der Waals surface area contributed by atoms with Crippen molar-refractivity contribution in [1.82, 2.24) is 4.98 Å². The second-order valence-electron chi connectivity index (χ2n) is 3.94. The van der Waals surface area contributed by atoms with Crippen LogP contribution in [0.2, 0.25) is 0 Å². The molecule has 96 valence electrons. The monoisotopic (exact) mass is 268 g/mol. The molecule has 1 saturated carbocycles. The summed E-state index contributed by atoms with van der Waals surface area (Å²) < 4.78 is 4.74. The van der Waals surface area contributed by atoms with E-state index in [2.05, 4.69) is 16.9 Å². The van der Waals surface area contributed by atoms with Crippen molar-refractivity contribution in [3.63, 3.8) is 0 Å². The highest BCUT2D eigenvalue weighted by atomic mass is 32.1. The van der Waals surface area contributed by atoms with Crippen LogP contribution in [0.1, 0.15) is 18.5 Å². The number of anilines is 1. The standard InChI is InChI=1S/C11H12N2O4S/c1-2-5-17-10(16)13-9-12-7(6-18-9)11(3-4-11)8(14)15/h2,6H,1,3-5H2,(H,14,15)(H,12,13,16). The van der Waals surface area contributed by atoms with Gasteiger partial charge in [-0.25, -0.2) is 9.78 Å². The zero-order valence-corrected chi connectivity index (χ0v) is 10.3. The summed E-state index contributed by atoms with van der Waals surface area (Å²) in [6.07, 6.45) is 2.01. The summed E-state index contributed by atoms with van der Waals surface area (Å²) in [5, 5.41) is 13.5. The van der Waals surface area contributed by atoms with Gasteiger partial charge in [0.1, 0.15) is 12.0 Å². The highest BCUT2D eigenvalue weighted by molar-refractivity contribution is 7.14. The van der Waals surface area contributed by atoms with Crippen molar-refractivity contribution in [2.24, 2.45) is 0 Å². The van der Waals surface area contributed by atoms with Gasteiger partial charge in [-0.1, -0.05) is 12.7 Å². The zero-order chi connectivity index (χ0) is 13.2. The van der Waals surface area contributed by atoms with Gasteiger partial charge in [-0.05, 0) is 12.8 Å². The predicted octanol–water partition coefficient (Wildman–Crippen LogP) is 1.99. The minimum absolute atomic E-state index is 0.114. The average molecular weight is 268 g/mol. The first-order chi connectivity index (χ1) is 8.58. The fourth-order valence-corrected chi connectivity index (χ4v) is 2.31. The molecule has 7 heteroatoms. The van der Waals surface area contributed by atoms with Gasteiger partial charge in [-0.2, -0.15) is 0 Å². The molecule has 1 fully saturated rings. The Morgan fingerprint density at radius 2 is 2.39 bits per heavy atom. The SMILES string of the molecule is C=CCOC(=O)Nc1nc(C2(C(=O)O)CC2)cs1. The van der Waals surface area contributed by atoms with Crippen LogP contribution in [0.25, 0.3) is 0 Å². The van der Waals surface area contributed by atoms with Gasteiger partial charge in [0.2, 0.25) is 0 Å². The molecule has 0 atom stereocenters. The van der Waals surface area contributed by atoms with Crippen molar-refractivity contribution in [1.29, 1.82) is 0 Å². The fourth-order valence-electron chi connectivity index (χ4n) is 1.51. The molecule has 1 amide bonds. The number of ether oxygens (including phenoxy) is 1. The molecule has 0 spiro atoms. The summed E-state index contributed by atoms with van der Waals surface area (Å²) in [7, 11) is 0. The smallest absolute Gasteiger partial charge is 0.413 e. The van der Waals surface area contributed by atoms with E-state index in [0.29, 0.717) is 23.7 Å². The van der Waals surface area contributed by atoms with Crippen molar-refractivity contribution < 1.29 is 19.4 Å². The third kappa shape index (κ3) is 2.35. The van der Waals surface area contributed by atoms with E-state index in [1.807, 2.05) is 0 Å². The molecule has 18 heavy (non-hydrogen) atoms. The Morgan fingerprint density at radius 1 is 1.67 bits per heavy atom. The molecule has 0 aliphatic heterocycles. The second kappa shape index (κ2) is 4.77. The number of carboxylic acids is 1. The fraction of sp³-hybridized carbons (Fsp3) is 0.364. The number of aromatic nitrogens is 1. The molecule has 1 aromatic rings. The summed E-state index contributed by atoms with van der Waals surface area (Å²) in [5.74, 6) is -0.867. The van der Waals surface area contributed by atoms with Crippen molar-refractivity contribution in [3.05, 3.63) is 23.7 Å². The predicted molar refractivity (Wildman–Crippen MR) is 65.8 cm³/mol. The maximum Gasteiger partial charge on any atom is 0.413 e. The molecule has 0 unspecified atom stereocenters. The van der Waals surface area contributed by atoms with Gasteiger partial charge in [0.15, 0.2) is 5.13 Å². The minimum atomic E-state index is -0.867. The molecule has 0 aromatic carbocycles. The molecule has 1 aliphatic rings. The normalized spacial score (nSPS) is 15.8. The highest BCUT2D eigenvalue weighted by Gasteiger charge is 2.53. The van der Waals surface area contributed by atoms with Gasteiger partial charge in [-0.15, -0.1) is 11.3 Å². The lowest BCUT2D eigenvalue weighted by Gasteiger charge is -2.04. The number of nitrogens with zero attached hydrogens (tertiary/aromatic N) is 1. The Morgan fingerprint density at radius 3 is 2.94 bits per heavy atom. The van der Waals surface area contributed by atoms with E-state index >= 15 is 0 Å². The molecule has 2 N–H and O–H groups in total. The molecule has 0 bridgehead atoms. The van der Waals surface area contributed by atoms with E-state index in [-0.39, 0.29) is 6.61 Å². The summed E-state index contributed by atoms with van der Waals surface area (Å²) in [5.41, 5.74) is -0.347. The van der Waals surface area contributed by atoms with E-state index in [1.54, 1.807) is 5.38 Å². The molecule has 2 rings (SSSR count). The van der Waals surface area contributed by atoms with Crippen LogP contribution < -0.4 is 5.32 Å². The number of carboxylic acid groups (broad SMARTS) is 1. The summed E-state index contributed by atoms with van der Waals surface area (Å²) in [4.78, 5) is 26.5. The number of carbonyl (C=O) groups is 2. The van der Waals surface area contributed by atoms with Gasteiger partial charge in [0.05, 0.1) is 5.69 Å². The van der Waals surface area contributed by atoms with Gasteiger partial charge >= 0.3 is 12.1 Å². The number of nitrogens with one attached hydrogen (secondary N) is 1.